The van der Waals surface area contributed by atoms with Crippen LogP contribution in [0.15, 0.2) is 0 Å². The molecular weight excluding hydrogens is 396 g/mol. The van der Waals surface area contributed by atoms with Gasteiger partial charge < -0.3 is 19.5 Å². The van der Waals surface area contributed by atoms with Gasteiger partial charge in [0, 0.05) is 7.11 Å². The van der Waals surface area contributed by atoms with Crippen molar-refractivity contribution in [3.05, 3.63) is 0 Å². The van der Waals surface area contributed by atoms with Crippen LogP contribution in [0, 0.1) is 17.3 Å². The molecule has 0 aromatic heterocycles. The molecule has 1 N–H and O–H groups in total. The van der Waals surface area contributed by atoms with Crippen molar-refractivity contribution in [2.24, 2.45) is 17.3 Å². The van der Waals surface area contributed by atoms with Gasteiger partial charge in [0.1, 0.15) is 24.3 Å². The van der Waals surface area contributed by atoms with Crippen molar-refractivity contribution in [1.82, 2.24) is 10.2 Å². The normalized spacial score (nSPS) is 25.6. The van der Waals surface area contributed by atoms with Crippen LogP contribution in [-0.4, -0.2) is 72.6 Å². The Morgan fingerprint density at radius 2 is 1.53 bits per heavy atom. The Balaban J connectivity index is 2.06. The topological polar surface area (TPSA) is 128 Å². The molecule has 1 saturated heterocycles. The van der Waals surface area contributed by atoms with Crippen LogP contribution in [0.3, 0.4) is 0 Å². The summed E-state index contributed by atoms with van der Waals surface area (Å²) < 4.78 is 15.4. The van der Waals surface area contributed by atoms with Crippen LogP contribution in [-0.2, 0) is 38.2 Å². The van der Waals surface area contributed by atoms with E-state index in [-0.39, 0.29) is 13.2 Å². The molecule has 1 aliphatic carbocycles. The van der Waals surface area contributed by atoms with Crippen LogP contribution in [0.4, 0.5) is 0 Å². The highest BCUT2D eigenvalue weighted by atomic mass is 16.6. The highest BCUT2D eigenvalue weighted by Gasteiger charge is 2.81. The predicted octanol–water partition coefficient (Wildman–Crippen LogP) is 0.0336. The van der Waals surface area contributed by atoms with Crippen molar-refractivity contribution in [3.8, 4) is 0 Å². The van der Waals surface area contributed by atoms with Gasteiger partial charge in [-0.15, -0.1) is 0 Å². The van der Waals surface area contributed by atoms with E-state index in [4.69, 9.17) is 14.2 Å². The zero-order valence-electron chi connectivity index (χ0n) is 18.5. The number of likely N-dealkylation sites (tertiary alicyclic amines) is 1. The molecule has 2 aliphatic rings. The summed E-state index contributed by atoms with van der Waals surface area (Å²) in [6.45, 7) is 9.05. The lowest BCUT2D eigenvalue weighted by Gasteiger charge is -2.24. The molecule has 0 aromatic rings. The zero-order chi connectivity index (χ0) is 23.1. The maximum Gasteiger partial charge on any atom is 0.326 e. The number of amides is 3. The summed E-state index contributed by atoms with van der Waals surface area (Å²) in [6, 6.07) is 0. The van der Waals surface area contributed by atoms with E-state index in [1.54, 1.807) is 41.5 Å². The number of ether oxygens (including phenoxy) is 3. The fourth-order valence-electron chi connectivity index (χ4n) is 3.75. The molecule has 0 bridgehead atoms. The molecule has 3 amide bonds. The van der Waals surface area contributed by atoms with Gasteiger partial charge in [0.25, 0.3) is 0 Å². The van der Waals surface area contributed by atoms with Crippen LogP contribution in [0.5, 0.6) is 0 Å². The summed E-state index contributed by atoms with van der Waals surface area (Å²) in [5.41, 5.74) is -2.84. The Morgan fingerprint density at radius 1 is 1.00 bits per heavy atom. The number of carbonyl (C=O) groups excluding carboxylic acids is 5. The number of nitrogens with zero attached hydrogens (tertiary/aromatic N) is 1. The Hall–Kier alpha value is -2.49. The van der Waals surface area contributed by atoms with Gasteiger partial charge >= 0.3 is 11.9 Å². The van der Waals surface area contributed by atoms with Gasteiger partial charge in [-0.1, -0.05) is 0 Å². The maximum absolute atomic E-state index is 13.0. The minimum Gasteiger partial charge on any atom is -0.459 e. The SMILES string of the molecule is COC[C@]12C(=O)N(CC(=O)OC(C)(C)C)C(=O)[C@H]1[C@H]2C(=O)NCC(=O)OC(C)(C)C. The third-order valence-corrected chi connectivity index (χ3v) is 4.71. The molecule has 1 saturated carbocycles. The number of hydrogen-bond donors (Lipinski definition) is 1. The first-order chi connectivity index (χ1) is 13.6. The number of hydrogen-bond acceptors (Lipinski definition) is 8. The quantitative estimate of drug-likeness (QED) is 0.446. The van der Waals surface area contributed by atoms with Gasteiger partial charge in [0.05, 0.1) is 23.9 Å². The van der Waals surface area contributed by atoms with E-state index in [1.165, 1.54) is 7.11 Å². The van der Waals surface area contributed by atoms with E-state index >= 15 is 0 Å². The number of fused-ring (bicyclic) bond motifs is 1. The summed E-state index contributed by atoms with van der Waals surface area (Å²) >= 11 is 0. The fraction of sp³-hybridized carbons (Fsp3) is 0.750. The van der Waals surface area contributed by atoms with Crippen molar-refractivity contribution < 1.29 is 38.2 Å². The summed E-state index contributed by atoms with van der Waals surface area (Å²) in [4.78, 5) is 63.0. The number of rotatable bonds is 7. The first kappa shape index (κ1) is 23.8. The summed E-state index contributed by atoms with van der Waals surface area (Å²) in [7, 11) is 1.36. The molecular formula is C20H30N2O8. The minimum atomic E-state index is -1.37. The molecule has 0 spiro atoms. The Kier molecular flexibility index (Phi) is 6.32. The van der Waals surface area contributed by atoms with Crippen molar-refractivity contribution in [1.29, 1.82) is 0 Å². The number of imide groups is 1. The van der Waals surface area contributed by atoms with Gasteiger partial charge in [-0.25, -0.2) is 0 Å². The van der Waals surface area contributed by atoms with Crippen LogP contribution in [0.2, 0.25) is 0 Å². The molecule has 30 heavy (non-hydrogen) atoms. The average Bonchev–Trinajstić information content (AvgIpc) is 3.18. The van der Waals surface area contributed by atoms with E-state index in [9.17, 15) is 24.0 Å². The highest BCUT2D eigenvalue weighted by molar-refractivity contribution is 6.18. The van der Waals surface area contributed by atoms with Crippen molar-refractivity contribution in [3.63, 3.8) is 0 Å². The van der Waals surface area contributed by atoms with Gasteiger partial charge in [0.15, 0.2) is 0 Å². The second-order valence-electron chi connectivity index (χ2n) is 9.55. The lowest BCUT2D eigenvalue weighted by Crippen LogP contribution is -2.46. The van der Waals surface area contributed by atoms with Gasteiger partial charge in [-0.3, -0.25) is 28.9 Å². The maximum atomic E-state index is 13.0. The summed E-state index contributed by atoms with van der Waals surface area (Å²) in [5.74, 6) is -5.14. The van der Waals surface area contributed by atoms with Crippen LogP contribution in [0.25, 0.3) is 0 Å². The second kappa shape index (κ2) is 7.98. The van der Waals surface area contributed by atoms with Crippen molar-refractivity contribution in [2.75, 3.05) is 26.8 Å². The standard InChI is InChI=1S/C20H30N2O8/c1-18(2,3)29-11(23)8-21-15(25)13-14-16(26)22(9-12(24)30-19(4,5)6)17(27)20(13,14)10-28-7/h13-14H,8-10H2,1-7H3,(H,21,25)/t13-,14+,20+/m0/s1. The van der Waals surface area contributed by atoms with Crippen LogP contribution < -0.4 is 5.32 Å². The molecule has 2 fully saturated rings. The van der Waals surface area contributed by atoms with Crippen LogP contribution >= 0.6 is 0 Å². The van der Waals surface area contributed by atoms with E-state index in [2.05, 4.69) is 5.32 Å². The molecule has 3 atom stereocenters. The summed E-state index contributed by atoms with van der Waals surface area (Å²) in [6.07, 6.45) is 0. The van der Waals surface area contributed by atoms with E-state index in [0.29, 0.717) is 0 Å². The smallest absolute Gasteiger partial charge is 0.326 e. The third-order valence-electron chi connectivity index (χ3n) is 4.71. The average molecular weight is 426 g/mol. The number of nitrogens with one attached hydrogen (secondary N) is 1. The Bertz CT molecular complexity index is 758. The van der Waals surface area contributed by atoms with Crippen molar-refractivity contribution >= 4 is 29.7 Å². The molecule has 2 rings (SSSR count). The monoisotopic (exact) mass is 426 g/mol. The predicted molar refractivity (Wildman–Crippen MR) is 103 cm³/mol. The first-order valence-corrected chi connectivity index (χ1v) is 9.70. The molecule has 0 unspecified atom stereocenters. The molecule has 168 valence electrons. The highest BCUT2D eigenvalue weighted by Crippen LogP contribution is 2.64. The third kappa shape index (κ3) is 4.80. The number of carbonyl (C=O) groups is 5. The minimum absolute atomic E-state index is 0.155. The molecule has 1 aliphatic heterocycles. The zero-order valence-corrected chi connectivity index (χ0v) is 18.5. The van der Waals surface area contributed by atoms with Crippen LogP contribution in [0.1, 0.15) is 41.5 Å². The van der Waals surface area contributed by atoms with Gasteiger partial charge in [-0.2, -0.15) is 0 Å². The second-order valence-corrected chi connectivity index (χ2v) is 9.55. The van der Waals surface area contributed by atoms with Gasteiger partial charge in [0.2, 0.25) is 17.7 Å². The molecule has 10 nitrogen and oxygen atoms in total. The van der Waals surface area contributed by atoms with E-state index in [0.717, 1.165) is 4.90 Å². The fourth-order valence-corrected chi connectivity index (χ4v) is 3.75. The molecule has 0 aromatic carbocycles. The Morgan fingerprint density at radius 3 is 2.03 bits per heavy atom. The first-order valence-electron chi connectivity index (χ1n) is 9.70. The molecule has 1 heterocycles. The lowest BCUT2D eigenvalue weighted by atomic mass is 10.0. The van der Waals surface area contributed by atoms with E-state index < -0.39 is 64.7 Å². The molecule has 10 heteroatoms. The number of esters is 2. The number of piperidine rings is 1. The van der Waals surface area contributed by atoms with Gasteiger partial charge in [-0.05, 0) is 41.5 Å². The Labute approximate surface area is 175 Å². The largest absolute Gasteiger partial charge is 0.459 e. The van der Waals surface area contributed by atoms with Crippen molar-refractivity contribution in [2.45, 2.75) is 52.7 Å². The summed E-state index contributed by atoms with van der Waals surface area (Å²) in [5, 5.41) is 2.42. The number of methoxy groups -OCH3 is 1. The lowest BCUT2D eigenvalue weighted by molar-refractivity contribution is -0.162. The molecule has 0 radical (unpaired) electrons. The van der Waals surface area contributed by atoms with E-state index in [1.807, 2.05) is 0 Å².